The molecular weight excluding hydrogens is 366 g/mol. The Bertz CT molecular complexity index is 1750. The number of fused-ring (bicyclic) bond motifs is 8. The molecule has 30 heavy (non-hydrogen) atoms. The first-order chi connectivity index (χ1) is 14.8. The van der Waals surface area contributed by atoms with Crippen molar-refractivity contribution in [1.82, 2.24) is 4.98 Å². The van der Waals surface area contributed by atoms with Crippen LogP contribution >= 0.6 is 0 Å². The maximum atomic E-state index is 6.00. The zero-order valence-electron chi connectivity index (χ0n) is 16.1. The molecule has 0 amide bonds. The van der Waals surface area contributed by atoms with Crippen LogP contribution in [0.4, 0.5) is 0 Å². The van der Waals surface area contributed by atoms with Crippen molar-refractivity contribution in [3.8, 4) is 11.1 Å². The normalized spacial score (nSPS) is 12.0. The van der Waals surface area contributed by atoms with E-state index in [-0.39, 0.29) is 0 Å². The van der Waals surface area contributed by atoms with E-state index in [1.165, 1.54) is 43.7 Å². The average molecular weight is 383 g/mol. The summed E-state index contributed by atoms with van der Waals surface area (Å²) in [6.45, 7) is 0. The topological polar surface area (TPSA) is 28.9 Å². The zero-order valence-corrected chi connectivity index (χ0v) is 16.1. The Morgan fingerprint density at radius 3 is 2.13 bits per heavy atom. The van der Waals surface area contributed by atoms with E-state index in [1.807, 2.05) is 12.1 Å². The Morgan fingerprint density at radius 1 is 0.500 bits per heavy atom. The lowest BCUT2D eigenvalue weighted by Crippen LogP contribution is -1.81. The van der Waals surface area contributed by atoms with Crippen LogP contribution in [0.1, 0.15) is 0 Å². The highest BCUT2D eigenvalue weighted by atomic mass is 16.3. The van der Waals surface area contributed by atoms with E-state index in [0.29, 0.717) is 0 Å². The molecule has 5 aromatic carbocycles. The lowest BCUT2D eigenvalue weighted by molar-refractivity contribution is 0.669. The molecule has 0 aliphatic heterocycles. The minimum Gasteiger partial charge on any atom is -0.456 e. The summed E-state index contributed by atoms with van der Waals surface area (Å²) in [5.41, 5.74) is 6.65. The predicted molar refractivity (Wildman–Crippen MR) is 126 cm³/mol. The minimum absolute atomic E-state index is 0.929. The van der Waals surface area contributed by atoms with Gasteiger partial charge in [-0.05, 0) is 46.8 Å². The van der Waals surface area contributed by atoms with E-state index in [4.69, 9.17) is 4.42 Å². The van der Waals surface area contributed by atoms with Gasteiger partial charge in [-0.1, -0.05) is 66.7 Å². The molecule has 7 aromatic rings. The van der Waals surface area contributed by atoms with Crippen molar-refractivity contribution in [2.75, 3.05) is 0 Å². The molecule has 2 heteroatoms. The van der Waals surface area contributed by atoms with Crippen LogP contribution in [0, 0.1) is 0 Å². The third-order valence-electron chi connectivity index (χ3n) is 6.21. The van der Waals surface area contributed by atoms with Crippen LogP contribution in [0.3, 0.4) is 0 Å². The molecule has 0 radical (unpaired) electrons. The second-order valence-corrected chi connectivity index (χ2v) is 7.90. The van der Waals surface area contributed by atoms with Gasteiger partial charge in [0.25, 0.3) is 0 Å². The van der Waals surface area contributed by atoms with Gasteiger partial charge in [0, 0.05) is 32.4 Å². The molecule has 0 saturated heterocycles. The van der Waals surface area contributed by atoms with Gasteiger partial charge in [-0.15, -0.1) is 0 Å². The van der Waals surface area contributed by atoms with Crippen LogP contribution in [0.25, 0.3) is 65.6 Å². The van der Waals surface area contributed by atoms with Gasteiger partial charge in [-0.25, -0.2) is 0 Å². The molecule has 0 atom stereocenters. The van der Waals surface area contributed by atoms with E-state index in [2.05, 4.69) is 89.9 Å². The highest BCUT2D eigenvalue weighted by molar-refractivity contribution is 6.17. The Labute approximate surface area is 172 Å². The standard InChI is InChI=1S/C28H17NO/c1-3-7-25-20(5-1)22-13-11-17-9-10-18(15-23(17)28(22)29-25)19-12-14-27-24(16-19)21-6-2-4-8-26(21)30-27/h1-16,29H. The van der Waals surface area contributed by atoms with Gasteiger partial charge >= 0.3 is 0 Å². The molecule has 0 saturated carbocycles. The summed E-state index contributed by atoms with van der Waals surface area (Å²) >= 11 is 0. The monoisotopic (exact) mass is 383 g/mol. The Kier molecular flexibility index (Phi) is 3.03. The van der Waals surface area contributed by atoms with Crippen LogP contribution in [0.15, 0.2) is 101 Å². The Hall–Kier alpha value is -4.04. The van der Waals surface area contributed by atoms with Gasteiger partial charge in [0.05, 0.1) is 5.52 Å². The maximum Gasteiger partial charge on any atom is 0.135 e. The second kappa shape index (κ2) is 5.74. The summed E-state index contributed by atoms with van der Waals surface area (Å²) in [6.07, 6.45) is 0. The number of hydrogen-bond donors (Lipinski definition) is 1. The van der Waals surface area contributed by atoms with Crippen molar-refractivity contribution < 1.29 is 4.42 Å². The summed E-state index contributed by atoms with van der Waals surface area (Å²) in [5.74, 6) is 0. The molecule has 0 bridgehead atoms. The third kappa shape index (κ3) is 2.13. The van der Waals surface area contributed by atoms with Gasteiger partial charge in [0.2, 0.25) is 0 Å². The molecule has 7 rings (SSSR count). The molecule has 2 heterocycles. The van der Waals surface area contributed by atoms with Crippen molar-refractivity contribution in [2.24, 2.45) is 0 Å². The number of nitrogens with one attached hydrogen (secondary N) is 1. The van der Waals surface area contributed by atoms with E-state index in [0.717, 1.165) is 21.9 Å². The molecule has 1 N–H and O–H groups in total. The largest absolute Gasteiger partial charge is 0.456 e. The second-order valence-electron chi connectivity index (χ2n) is 7.90. The summed E-state index contributed by atoms with van der Waals surface area (Å²) in [5, 5.41) is 7.35. The molecule has 0 aliphatic rings. The van der Waals surface area contributed by atoms with Crippen molar-refractivity contribution in [3.63, 3.8) is 0 Å². The van der Waals surface area contributed by atoms with Crippen LogP contribution in [-0.4, -0.2) is 4.98 Å². The fourth-order valence-corrected chi connectivity index (χ4v) is 4.73. The van der Waals surface area contributed by atoms with Crippen LogP contribution in [-0.2, 0) is 0 Å². The van der Waals surface area contributed by atoms with Crippen molar-refractivity contribution in [2.45, 2.75) is 0 Å². The molecule has 0 fully saturated rings. The number of benzene rings is 5. The quantitative estimate of drug-likeness (QED) is 0.305. The number of rotatable bonds is 1. The van der Waals surface area contributed by atoms with E-state index in [1.54, 1.807) is 0 Å². The lowest BCUT2D eigenvalue weighted by Gasteiger charge is -2.06. The Balaban J connectivity index is 1.50. The van der Waals surface area contributed by atoms with Gasteiger partial charge in [-0.3, -0.25) is 0 Å². The number of H-pyrrole nitrogens is 1. The van der Waals surface area contributed by atoms with Gasteiger partial charge in [0.15, 0.2) is 0 Å². The Morgan fingerprint density at radius 2 is 1.20 bits per heavy atom. The van der Waals surface area contributed by atoms with E-state index in [9.17, 15) is 0 Å². The summed E-state index contributed by atoms with van der Waals surface area (Å²) in [4.78, 5) is 3.63. The molecule has 0 spiro atoms. The van der Waals surface area contributed by atoms with Crippen molar-refractivity contribution in [3.05, 3.63) is 97.1 Å². The summed E-state index contributed by atoms with van der Waals surface area (Å²) < 4.78 is 6.00. The fraction of sp³-hybridized carbons (Fsp3) is 0. The maximum absolute atomic E-state index is 6.00. The summed E-state index contributed by atoms with van der Waals surface area (Å²) in [7, 11) is 0. The van der Waals surface area contributed by atoms with Crippen LogP contribution < -0.4 is 0 Å². The molecule has 0 aliphatic carbocycles. The van der Waals surface area contributed by atoms with E-state index < -0.39 is 0 Å². The molecule has 2 nitrogen and oxygen atoms in total. The lowest BCUT2D eigenvalue weighted by atomic mass is 9.98. The van der Waals surface area contributed by atoms with E-state index >= 15 is 0 Å². The third-order valence-corrected chi connectivity index (χ3v) is 6.21. The van der Waals surface area contributed by atoms with Crippen molar-refractivity contribution in [1.29, 1.82) is 0 Å². The highest BCUT2D eigenvalue weighted by Crippen LogP contribution is 2.36. The first kappa shape index (κ1) is 15.8. The number of furan rings is 1. The SMILES string of the molecule is c1ccc2c(c1)[nH]c1c3cc(-c4ccc5oc6ccccc6c5c4)ccc3ccc21. The average Bonchev–Trinajstić information content (AvgIpc) is 3.37. The number of para-hydroxylation sites is 2. The van der Waals surface area contributed by atoms with Crippen molar-refractivity contribution >= 4 is 54.5 Å². The highest BCUT2D eigenvalue weighted by Gasteiger charge is 2.11. The minimum atomic E-state index is 0.929. The molecule has 0 unspecified atom stereocenters. The first-order valence-corrected chi connectivity index (χ1v) is 10.2. The number of aromatic nitrogens is 1. The first-order valence-electron chi connectivity index (χ1n) is 10.2. The molecular formula is C28H17NO. The number of aromatic amines is 1. The molecule has 140 valence electrons. The fourth-order valence-electron chi connectivity index (χ4n) is 4.73. The van der Waals surface area contributed by atoms with Crippen LogP contribution in [0.5, 0.6) is 0 Å². The smallest absolute Gasteiger partial charge is 0.135 e. The van der Waals surface area contributed by atoms with Crippen LogP contribution in [0.2, 0.25) is 0 Å². The van der Waals surface area contributed by atoms with Gasteiger partial charge < -0.3 is 9.40 Å². The summed E-state index contributed by atoms with van der Waals surface area (Å²) in [6, 6.07) is 34.4. The number of hydrogen-bond acceptors (Lipinski definition) is 1. The molecule has 2 aromatic heterocycles. The zero-order chi connectivity index (χ0) is 19.7. The van der Waals surface area contributed by atoms with Gasteiger partial charge in [0.1, 0.15) is 11.2 Å². The van der Waals surface area contributed by atoms with Gasteiger partial charge in [-0.2, -0.15) is 0 Å². The predicted octanol–water partition coefficient (Wildman–Crippen LogP) is 8.04.